The van der Waals surface area contributed by atoms with Gasteiger partial charge in [-0.3, -0.25) is 0 Å². The first-order valence-electron chi connectivity index (χ1n) is 8.31. The fourth-order valence-corrected chi connectivity index (χ4v) is 3.60. The quantitative estimate of drug-likeness (QED) is 0.436. The van der Waals surface area contributed by atoms with E-state index in [1.165, 1.54) is 10.8 Å². The van der Waals surface area contributed by atoms with Gasteiger partial charge in [0.15, 0.2) is 5.13 Å². The summed E-state index contributed by atoms with van der Waals surface area (Å²) in [6, 6.07) is 20.2. The second-order valence-corrected chi connectivity index (χ2v) is 7.14. The fraction of sp³-hybridized carbons (Fsp3) is 0.0952. The van der Waals surface area contributed by atoms with Crippen molar-refractivity contribution in [2.45, 2.75) is 13.2 Å². The molecule has 26 heavy (non-hydrogen) atoms. The number of ether oxygens (including phenoxy) is 1. The van der Waals surface area contributed by atoms with Gasteiger partial charge in [-0.15, -0.1) is 11.3 Å². The van der Waals surface area contributed by atoms with Gasteiger partial charge in [-0.1, -0.05) is 60.1 Å². The van der Waals surface area contributed by atoms with E-state index < -0.39 is 0 Å². The van der Waals surface area contributed by atoms with Crippen molar-refractivity contribution < 1.29 is 4.74 Å². The highest BCUT2D eigenvalue weighted by molar-refractivity contribution is 7.13. The van der Waals surface area contributed by atoms with Crippen molar-refractivity contribution in [3.8, 4) is 5.75 Å². The third-order valence-corrected chi connectivity index (χ3v) is 5.29. The SMILES string of the molecule is Clc1ccccc1COc1ccc2ccccc2c1CNc1nccs1. The van der Waals surface area contributed by atoms with Crippen LogP contribution in [0.3, 0.4) is 0 Å². The molecule has 3 aromatic carbocycles. The van der Waals surface area contributed by atoms with Gasteiger partial charge < -0.3 is 10.1 Å². The molecular weight excluding hydrogens is 364 g/mol. The molecule has 0 radical (unpaired) electrons. The molecule has 0 fully saturated rings. The van der Waals surface area contributed by atoms with Gasteiger partial charge in [0.05, 0.1) is 0 Å². The molecule has 4 aromatic rings. The van der Waals surface area contributed by atoms with E-state index in [-0.39, 0.29) is 0 Å². The highest BCUT2D eigenvalue weighted by Crippen LogP contribution is 2.30. The number of benzene rings is 3. The van der Waals surface area contributed by atoms with Crippen LogP contribution < -0.4 is 10.1 Å². The third-order valence-electron chi connectivity index (χ3n) is 4.19. The summed E-state index contributed by atoms with van der Waals surface area (Å²) < 4.78 is 6.14. The normalized spacial score (nSPS) is 10.8. The molecule has 3 nitrogen and oxygen atoms in total. The molecule has 1 heterocycles. The van der Waals surface area contributed by atoms with Crippen LogP contribution in [0.1, 0.15) is 11.1 Å². The van der Waals surface area contributed by atoms with Gasteiger partial charge in [-0.2, -0.15) is 0 Å². The first-order valence-corrected chi connectivity index (χ1v) is 9.57. The van der Waals surface area contributed by atoms with Crippen LogP contribution in [0.25, 0.3) is 10.8 Å². The standard InChI is InChI=1S/C21H17ClN2OS/c22-19-8-4-2-6-16(19)14-25-20-10-9-15-5-1-3-7-17(15)18(20)13-24-21-23-11-12-26-21/h1-12H,13-14H2,(H,23,24). The van der Waals surface area contributed by atoms with E-state index in [2.05, 4.69) is 28.5 Å². The van der Waals surface area contributed by atoms with Crippen molar-refractivity contribution >= 4 is 38.8 Å². The number of hydrogen-bond donors (Lipinski definition) is 1. The predicted octanol–water partition coefficient (Wildman–Crippen LogP) is 6.14. The number of thiazole rings is 1. The van der Waals surface area contributed by atoms with Gasteiger partial charge in [-0.05, 0) is 22.9 Å². The van der Waals surface area contributed by atoms with E-state index in [1.807, 2.05) is 47.8 Å². The Balaban J connectivity index is 1.64. The Kier molecular flexibility index (Phi) is 5.04. The Morgan fingerprint density at radius 1 is 1.00 bits per heavy atom. The molecule has 1 aromatic heterocycles. The van der Waals surface area contributed by atoms with Crippen LogP contribution >= 0.6 is 22.9 Å². The Labute approximate surface area is 161 Å². The van der Waals surface area contributed by atoms with Crippen LogP contribution in [0, 0.1) is 0 Å². The monoisotopic (exact) mass is 380 g/mol. The molecule has 0 aliphatic heterocycles. The molecular formula is C21H17ClN2OS. The van der Waals surface area contributed by atoms with E-state index >= 15 is 0 Å². The molecule has 0 spiro atoms. The Hall–Kier alpha value is -2.56. The van der Waals surface area contributed by atoms with E-state index in [0.29, 0.717) is 13.2 Å². The maximum absolute atomic E-state index is 6.25. The number of rotatable bonds is 6. The van der Waals surface area contributed by atoms with E-state index in [9.17, 15) is 0 Å². The van der Waals surface area contributed by atoms with Crippen LogP contribution in [0.2, 0.25) is 5.02 Å². The van der Waals surface area contributed by atoms with Gasteiger partial charge in [-0.25, -0.2) is 4.98 Å². The number of anilines is 1. The van der Waals surface area contributed by atoms with Gasteiger partial charge in [0.2, 0.25) is 0 Å². The number of hydrogen-bond acceptors (Lipinski definition) is 4. The summed E-state index contributed by atoms with van der Waals surface area (Å²) >= 11 is 7.84. The lowest BCUT2D eigenvalue weighted by atomic mass is 10.0. The van der Waals surface area contributed by atoms with Crippen molar-refractivity contribution in [3.05, 3.63) is 88.4 Å². The Bertz CT molecular complexity index is 1020. The zero-order valence-corrected chi connectivity index (χ0v) is 15.6. The van der Waals surface area contributed by atoms with Crippen molar-refractivity contribution in [2.24, 2.45) is 0 Å². The molecule has 5 heteroatoms. The van der Waals surface area contributed by atoms with Gasteiger partial charge in [0.1, 0.15) is 12.4 Å². The van der Waals surface area contributed by atoms with Gasteiger partial charge >= 0.3 is 0 Å². The molecule has 0 amide bonds. The topological polar surface area (TPSA) is 34.1 Å². The molecule has 130 valence electrons. The molecule has 0 saturated heterocycles. The number of nitrogens with one attached hydrogen (secondary N) is 1. The highest BCUT2D eigenvalue weighted by Gasteiger charge is 2.10. The minimum Gasteiger partial charge on any atom is -0.488 e. The Morgan fingerprint density at radius 2 is 1.85 bits per heavy atom. The van der Waals surface area contributed by atoms with E-state index in [1.54, 1.807) is 17.5 Å². The smallest absolute Gasteiger partial charge is 0.182 e. The zero-order valence-electron chi connectivity index (χ0n) is 14.0. The van der Waals surface area contributed by atoms with E-state index in [4.69, 9.17) is 16.3 Å². The molecule has 0 aliphatic rings. The average molecular weight is 381 g/mol. The number of nitrogens with zero attached hydrogens (tertiary/aromatic N) is 1. The molecule has 4 rings (SSSR count). The fourth-order valence-electron chi connectivity index (χ4n) is 2.88. The average Bonchev–Trinajstić information content (AvgIpc) is 3.19. The number of halogens is 1. The maximum atomic E-state index is 6.25. The summed E-state index contributed by atoms with van der Waals surface area (Å²) in [5.74, 6) is 0.854. The summed E-state index contributed by atoms with van der Waals surface area (Å²) in [6.07, 6.45) is 1.80. The summed E-state index contributed by atoms with van der Waals surface area (Å²) in [5, 5.41) is 9.32. The highest BCUT2D eigenvalue weighted by atomic mass is 35.5. The van der Waals surface area contributed by atoms with Crippen LogP contribution in [-0.4, -0.2) is 4.98 Å². The largest absolute Gasteiger partial charge is 0.488 e. The zero-order chi connectivity index (χ0) is 17.8. The van der Waals surface area contributed by atoms with Gasteiger partial charge in [0.25, 0.3) is 0 Å². The van der Waals surface area contributed by atoms with Crippen molar-refractivity contribution in [1.82, 2.24) is 4.98 Å². The van der Waals surface area contributed by atoms with Crippen LogP contribution in [0.15, 0.2) is 72.2 Å². The molecule has 0 aliphatic carbocycles. The summed E-state index contributed by atoms with van der Waals surface area (Å²) in [7, 11) is 0. The van der Waals surface area contributed by atoms with Crippen molar-refractivity contribution in [1.29, 1.82) is 0 Å². The summed E-state index contributed by atoms with van der Waals surface area (Å²) in [5.41, 5.74) is 2.09. The van der Waals surface area contributed by atoms with Crippen LogP contribution in [0.4, 0.5) is 5.13 Å². The lowest BCUT2D eigenvalue weighted by Crippen LogP contribution is -2.04. The van der Waals surface area contributed by atoms with Crippen LogP contribution in [-0.2, 0) is 13.2 Å². The maximum Gasteiger partial charge on any atom is 0.182 e. The van der Waals surface area contributed by atoms with Crippen molar-refractivity contribution in [2.75, 3.05) is 5.32 Å². The minimum atomic E-state index is 0.433. The van der Waals surface area contributed by atoms with Gasteiger partial charge in [0, 0.05) is 34.3 Å². The minimum absolute atomic E-state index is 0.433. The first kappa shape index (κ1) is 16.9. The number of fused-ring (bicyclic) bond motifs is 1. The molecule has 0 atom stereocenters. The third kappa shape index (κ3) is 3.66. The predicted molar refractivity (Wildman–Crippen MR) is 109 cm³/mol. The van der Waals surface area contributed by atoms with E-state index in [0.717, 1.165) is 27.0 Å². The Morgan fingerprint density at radius 3 is 2.69 bits per heavy atom. The first-order chi connectivity index (χ1) is 12.8. The number of aromatic nitrogens is 1. The molecule has 0 unspecified atom stereocenters. The van der Waals surface area contributed by atoms with Crippen molar-refractivity contribution in [3.63, 3.8) is 0 Å². The molecule has 0 saturated carbocycles. The molecule has 1 N–H and O–H groups in total. The molecule has 0 bridgehead atoms. The van der Waals surface area contributed by atoms with Crippen LogP contribution in [0.5, 0.6) is 5.75 Å². The summed E-state index contributed by atoms with van der Waals surface area (Å²) in [6.45, 7) is 1.08. The summed E-state index contributed by atoms with van der Waals surface area (Å²) in [4.78, 5) is 4.30. The second-order valence-electron chi connectivity index (χ2n) is 5.83. The lowest BCUT2D eigenvalue weighted by Gasteiger charge is -2.15. The lowest BCUT2D eigenvalue weighted by molar-refractivity contribution is 0.304. The second kappa shape index (κ2) is 7.77.